The Balaban J connectivity index is 3.00. The molecule has 0 saturated carbocycles. The molecule has 0 heterocycles. The van der Waals surface area contributed by atoms with Gasteiger partial charge < -0.3 is 19.9 Å². The molecule has 0 spiro atoms. The maximum absolute atomic E-state index is 5.94. The molecular formula is C11H17NO3. The van der Waals surface area contributed by atoms with Crippen LogP contribution < -0.4 is 15.2 Å². The monoisotopic (exact) mass is 211 g/mol. The summed E-state index contributed by atoms with van der Waals surface area (Å²) in [6, 6.07) is 5.33. The van der Waals surface area contributed by atoms with Crippen LogP contribution in [0.3, 0.4) is 0 Å². The van der Waals surface area contributed by atoms with E-state index in [9.17, 15) is 0 Å². The van der Waals surface area contributed by atoms with Gasteiger partial charge in [0.25, 0.3) is 0 Å². The van der Waals surface area contributed by atoms with Crippen molar-refractivity contribution in [1.29, 1.82) is 0 Å². The van der Waals surface area contributed by atoms with E-state index in [4.69, 9.17) is 19.9 Å². The van der Waals surface area contributed by atoms with Crippen LogP contribution in [0, 0.1) is 0 Å². The average molecular weight is 211 g/mol. The molecule has 2 N–H and O–H groups in total. The molecule has 1 rings (SSSR count). The van der Waals surface area contributed by atoms with Crippen molar-refractivity contribution >= 4 is 0 Å². The number of hydrogen-bond acceptors (Lipinski definition) is 4. The van der Waals surface area contributed by atoms with Crippen LogP contribution in [0.15, 0.2) is 18.2 Å². The third-order valence-electron chi connectivity index (χ3n) is 2.18. The Morgan fingerprint density at radius 3 is 2.47 bits per heavy atom. The summed E-state index contributed by atoms with van der Waals surface area (Å²) in [5.74, 6) is 1.51. The number of benzene rings is 1. The Hall–Kier alpha value is -1.26. The van der Waals surface area contributed by atoms with Crippen LogP contribution in [-0.4, -0.2) is 27.9 Å². The molecule has 0 radical (unpaired) electrons. The van der Waals surface area contributed by atoms with Crippen LogP contribution in [0.5, 0.6) is 11.5 Å². The number of nitrogens with two attached hydrogens (primary N) is 1. The smallest absolute Gasteiger partial charge is 0.123 e. The molecule has 84 valence electrons. The third kappa shape index (κ3) is 2.84. The summed E-state index contributed by atoms with van der Waals surface area (Å²) in [7, 11) is 4.85. The summed E-state index contributed by atoms with van der Waals surface area (Å²) < 4.78 is 15.4. The van der Waals surface area contributed by atoms with Gasteiger partial charge in [0.1, 0.15) is 11.5 Å². The summed E-state index contributed by atoms with van der Waals surface area (Å²) in [5, 5.41) is 0. The van der Waals surface area contributed by atoms with Gasteiger partial charge in [0.15, 0.2) is 0 Å². The van der Waals surface area contributed by atoms with E-state index in [1.54, 1.807) is 21.3 Å². The maximum Gasteiger partial charge on any atom is 0.123 e. The fourth-order valence-electron chi connectivity index (χ4n) is 1.40. The quantitative estimate of drug-likeness (QED) is 0.798. The van der Waals surface area contributed by atoms with E-state index in [1.165, 1.54) is 0 Å². The zero-order chi connectivity index (χ0) is 11.3. The van der Waals surface area contributed by atoms with Gasteiger partial charge in [-0.1, -0.05) is 0 Å². The first kappa shape index (κ1) is 11.8. The molecule has 0 saturated heterocycles. The van der Waals surface area contributed by atoms with Crippen molar-refractivity contribution in [1.82, 2.24) is 0 Å². The molecule has 0 unspecified atom stereocenters. The van der Waals surface area contributed by atoms with Gasteiger partial charge in [-0.05, 0) is 18.2 Å². The largest absolute Gasteiger partial charge is 0.497 e. The van der Waals surface area contributed by atoms with Crippen LogP contribution in [-0.2, 0) is 4.74 Å². The second-order valence-electron chi connectivity index (χ2n) is 3.17. The topological polar surface area (TPSA) is 53.7 Å². The van der Waals surface area contributed by atoms with Crippen molar-refractivity contribution in [2.75, 3.05) is 27.9 Å². The van der Waals surface area contributed by atoms with Gasteiger partial charge in [0.2, 0.25) is 0 Å². The lowest BCUT2D eigenvalue weighted by Gasteiger charge is -2.15. The lowest BCUT2D eigenvalue weighted by Crippen LogP contribution is -2.17. The molecule has 0 bridgehead atoms. The highest BCUT2D eigenvalue weighted by atomic mass is 16.5. The van der Waals surface area contributed by atoms with Crippen molar-refractivity contribution in [3.05, 3.63) is 23.8 Å². The van der Waals surface area contributed by atoms with Gasteiger partial charge in [-0.2, -0.15) is 0 Å². The van der Waals surface area contributed by atoms with Crippen LogP contribution in [0.4, 0.5) is 0 Å². The van der Waals surface area contributed by atoms with Gasteiger partial charge >= 0.3 is 0 Å². The van der Waals surface area contributed by atoms with Gasteiger partial charge in [0.05, 0.1) is 26.9 Å². The molecular weight excluding hydrogens is 194 g/mol. The van der Waals surface area contributed by atoms with Gasteiger partial charge in [-0.3, -0.25) is 0 Å². The van der Waals surface area contributed by atoms with E-state index in [0.717, 1.165) is 17.1 Å². The zero-order valence-electron chi connectivity index (χ0n) is 9.32. The van der Waals surface area contributed by atoms with Gasteiger partial charge in [-0.15, -0.1) is 0 Å². The normalized spacial score (nSPS) is 12.3. The van der Waals surface area contributed by atoms with Crippen LogP contribution in [0.25, 0.3) is 0 Å². The van der Waals surface area contributed by atoms with Crippen molar-refractivity contribution < 1.29 is 14.2 Å². The summed E-state index contributed by atoms with van der Waals surface area (Å²) in [6.07, 6.45) is 0. The molecule has 0 aromatic heterocycles. The first-order valence-corrected chi connectivity index (χ1v) is 4.69. The highest BCUT2D eigenvalue weighted by Gasteiger charge is 2.12. The molecule has 0 amide bonds. The molecule has 15 heavy (non-hydrogen) atoms. The van der Waals surface area contributed by atoms with E-state index in [-0.39, 0.29) is 6.04 Å². The van der Waals surface area contributed by atoms with E-state index >= 15 is 0 Å². The van der Waals surface area contributed by atoms with Crippen molar-refractivity contribution in [3.63, 3.8) is 0 Å². The first-order chi connectivity index (χ1) is 7.22. The summed E-state index contributed by atoms with van der Waals surface area (Å²) >= 11 is 0. The number of rotatable bonds is 5. The maximum atomic E-state index is 5.94. The predicted octanol–water partition coefficient (Wildman–Crippen LogP) is 1.35. The van der Waals surface area contributed by atoms with Crippen LogP contribution in [0.2, 0.25) is 0 Å². The Kier molecular flexibility index (Phi) is 4.39. The molecule has 0 aliphatic rings. The molecule has 4 nitrogen and oxygen atoms in total. The van der Waals surface area contributed by atoms with Crippen molar-refractivity contribution in [3.8, 4) is 11.5 Å². The van der Waals surface area contributed by atoms with E-state index < -0.39 is 0 Å². The Morgan fingerprint density at radius 1 is 1.20 bits per heavy atom. The average Bonchev–Trinajstić information content (AvgIpc) is 2.28. The van der Waals surface area contributed by atoms with Crippen molar-refractivity contribution in [2.24, 2.45) is 5.73 Å². The minimum absolute atomic E-state index is 0.208. The zero-order valence-corrected chi connectivity index (χ0v) is 9.32. The lowest BCUT2D eigenvalue weighted by atomic mass is 10.1. The first-order valence-electron chi connectivity index (χ1n) is 4.69. The molecule has 1 aromatic carbocycles. The Labute approximate surface area is 89.9 Å². The minimum atomic E-state index is -0.208. The fourth-order valence-corrected chi connectivity index (χ4v) is 1.40. The summed E-state index contributed by atoms with van der Waals surface area (Å²) in [4.78, 5) is 0. The van der Waals surface area contributed by atoms with Gasteiger partial charge in [-0.25, -0.2) is 0 Å². The molecule has 0 fully saturated rings. The lowest BCUT2D eigenvalue weighted by molar-refractivity contribution is 0.179. The minimum Gasteiger partial charge on any atom is -0.497 e. The Bertz CT molecular complexity index is 315. The highest BCUT2D eigenvalue weighted by Crippen LogP contribution is 2.28. The fraction of sp³-hybridized carbons (Fsp3) is 0.455. The number of ether oxygens (including phenoxy) is 3. The molecule has 0 aliphatic heterocycles. The van der Waals surface area contributed by atoms with Crippen molar-refractivity contribution in [2.45, 2.75) is 6.04 Å². The second kappa shape index (κ2) is 5.58. The van der Waals surface area contributed by atoms with E-state index in [2.05, 4.69) is 0 Å². The predicted molar refractivity (Wildman–Crippen MR) is 58.4 cm³/mol. The second-order valence-corrected chi connectivity index (χ2v) is 3.17. The van der Waals surface area contributed by atoms with E-state index in [1.807, 2.05) is 18.2 Å². The van der Waals surface area contributed by atoms with Gasteiger partial charge in [0, 0.05) is 12.7 Å². The third-order valence-corrected chi connectivity index (χ3v) is 2.18. The van der Waals surface area contributed by atoms with Crippen LogP contribution in [0.1, 0.15) is 11.6 Å². The number of methoxy groups -OCH3 is 3. The summed E-state index contributed by atoms with van der Waals surface area (Å²) in [5.41, 5.74) is 6.83. The number of hydrogen-bond donors (Lipinski definition) is 1. The van der Waals surface area contributed by atoms with E-state index in [0.29, 0.717) is 6.61 Å². The highest BCUT2D eigenvalue weighted by molar-refractivity contribution is 5.42. The molecule has 0 aliphatic carbocycles. The Morgan fingerprint density at radius 2 is 1.93 bits per heavy atom. The molecule has 1 atom stereocenters. The molecule has 4 heteroatoms. The SMILES string of the molecule is COC[C@@H](N)c1cc(OC)ccc1OC. The molecule has 1 aromatic rings. The standard InChI is InChI=1S/C11H17NO3/c1-13-7-10(12)9-6-8(14-2)4-5-11(9)15-3/h4-6,10H,7,12H2,1-3H3/t10-/m1/s1. The summed E-state index contributed by atoms with van der Waals surface area (Å²) in [6.45, 7) is 0.448. The van der Waals surface area contributed by atoms with Crippen LogP contribution >= 0.6 is 0 Å².